The van der Waals surface area contributed by atoms with E-state index >= 15 is 0 Å². The molecule has 7 heteroatoms. The zero-order chi connectivity index (χ0) is 18.6. The summed E-state index contributed by atoms with van der Waals surface area (Å²) >= 11 is 3.39. The molecule has 0 aromatic heterocycles. The minimum atomic E-state index is -2.93. The molecule has 0 bridgehead atoms. The van der Waals surface area contributed by atoms with Crippen molar-refractivity contribution in [1.82, 2.24) is 0 Å². The summed E-state index contributed by atoms with van der Waals surface area (Å²) in [5, 5.41) is 2.67. The molecule has 0 unspecified atom stereocenters. The number of ether oxygens (including phenoxy) is 2. The van der Waals surface area contributed by atoms with Crippen molar-refractivity contribution in [1.29, 1.82) is 0 Å². The highest BCUT2D eigenvalue weighted by Crippen LogP contribution is 2.28. The molecule has 134 valence electrons. The summed E-state index contributed by atoms with van der Waals surface area (Å²) in [5.41, 5.74) is 1.87. The minimum absolute atomic E-state index is 0.0163. The predicted octanol–water partition coefficient (Wildman–Crippen LogP) is 5.07. The van der Waals surface area contributed by atoms with E-state index in [1.807, 2.05) is 19.1 Å². The fourth-order valence-electron chi connectivity index (χ4n) is 2.15. The topological polar surface area (TPSA) is 47.6 Å². The van der Waals surface area contributed by atoms with E-state index in [9.17, 15) is 13.6 Å². The second-order valence-electron chi connectivity index (χ2n) is 5.49. The second-order valence-corrected chi connectivity index (χ2v) is 6.34. The van der Waals surface area contributed by atoms with E-state index in [0.717, 1.165) is 10.0 Å². The summed E-state index contributed by atoms with van der Waals surface area (Å²) in [6, 6.07) is 10.1. The number of rotatable bonds is 6. The van der Waals surface area contributed by atoms with Gasteiger partial charge in [0.2, 0.25) is 0 Å². The average Bonchev–Trinajstić information content (AvgIpc) is 2.53. The normalized spacial score (nSPS) is 12.0. The van der Waals surface area contributed by atoms with E-state index in [1.165, 1.54) is 12.1 Å². The van der Waals surface area contributed by atoms with Crippen molar-refractivity contribution in [3.63, 3.8) is 0 Å². The average molecular weight is 414 g/mol. The Morgan fingerprint density at radius 2 is 1.84 bits per heavy atom. The molecule has 0 saturated heterocycles. The van der Waals surface area contributed by atoms with Gasteiger partial charge < -0.3 is 14.8 Å². The van der Waals surface area contributed by atoms with Crippen LogP contribution in [0.4, 0.5) is 14.5 Å². The van der Waals surface area contributed by atoms with Crippen LogP contribution in [0, 0.1) is 13.8 Å². The van der Waals surface area contributed by atoms with Crippen LogP contribution in [0.1, 0.15) is 18.1 Å². The first-order chi connectivity index (χ1) is 11.8. The van der Waals surface area contributed by atoms with Gasteiger partial charge in [0.1, 0.15) is 11.5 Å². The predicted molar refractivity (Wildman–Crippen MR) is 95.4 cm³/mol. The van der Waals surface area contributed by atoms with Crippen molar-refractivity contribution >= 4 is 27.5 Å². The molecule has 1 N–H and O–H groups in total. The van der Waals surface area contributed by atoms with E-state index in [-0.39, 0.29) is 5.75 Å². The molecule has 0 aliphatic carbocycles. The number of hydrogen-bond donors (Lipinski definition) is 1. The van der Waals surface area contributed by atoms with Crippen LogP contribution < -0.4 is 14.8 Å². The van der Waals surface area contributed by atoms with Gasteiger partial charge in [-0.2, -0.15) is 8.78 Å². The standard InChI is InChI=1S/C18H18BrF2NO3/c1-10-7-8-16(13(19)9-10)24-12(3)17(23)22-14-5-4-6-15(11(14)2)25-18(20)21/h4-9,12,18H,1-3H3,(H,22,23)/t12-/m0/s1. The summed E-state index contributed by atoms with van der Waals surface area (Å²) in [6.07, 6.45) is -0.780. The molecule has 2 rings (SSSR count). The third-order valence-corrected chi connectivity index (χ3v) is 4.14. The number of halogens is 3. The van der Waals surface area contributed by atoms with Gasteiger partial charge in [-0.05, 0) is 66.5 Å². The molecule has 1 amide bonds. The molecule has 2 aromatic carbocycles. The molecule has 2 aromatic rings. The van der Waals surface area contributed by atoms with Crippen molar-refractivity contribution in [2.24, 2.45) is 0 Å². The van der Waals surface area contributed by atoms with Crippen LogP contribution in [0.5, 0.6) is 11.5 Å². The number of hydrogen-bond acceptors (Lipinski definition) is 3. The Morgan fingerprint density at radius 1 is 1.12 bits per heavy atom. The van der Waals surface area contributed by atoms with Gasteiger partial charge in [-0.1, -0.05) is 12.1 Å². The first-order valence-electron chi connectivity index (χ1n) is 7.56. The monoisotopic (exact) mass is 413 g/mol. The largest absolute Gasteiger partial charge is 0.480 e. The lowest BCUT2D eigenvalue weighted by Crippen LogP contribution is -2.30. The molecular formula is C18H18BrF2NO3. The lowest BCUT2D eigenvalue weighted by molar-refractivity contribution is -0.122. The fourth-order valence-corrected chi connectivity index (χ4v) is 2.74. The summed E-state index contributed by atoms with van der Waals surface area (Å²) in [7, 11) is 0. The number of anilines is 1. The molecule has 0 radical (unpaired) electrons. The maximum Gasteiger partial charge on any atom is 0.387 e. The Bertz CT molecular complexity index is 768. The Balaban J connectivity index is 2.08. The number of amides is 1. The molecule has 0 fully saturated rings. The fraction of sp³-hybridized carbons (Fsp3) is 0.278. The van der Waals surface area contributed by atoms with Gasteiger partial charge in [-0.15, -0.1) is 0 Å². The quantitative estimate of drug-likeness (QED) is 0.718. The van der Waals surface area contributed by atoms with Gasteiger partial charge >= 0.3 is 6.61 Å². The van der Waals surface area contributed by atoms with Crippen molar-refractivity contribution in [3.8, 4) is 11.5 Å². The third-order valence-electron chi connectivity index (χ3n) is 3.52. The third kappa shape index (κ3) is 5.16. The van der Waals surface area contributed by atoms with E-state index in [2.05, 4.69) is 26.0 Å². The number of benzene rings is 2. The summed E-state index contributed by atoms with van der Waals surface area (Å²) in [6.45, 7) is 2.22. The van der Waals surface area contributed by atoms with Crippen molar-refractivity contribution in [2.75, 3.05) is 5.32 Å². The first-order valence-corrected chi connectivity index (χ1v) is 8.35. The van der Waals surface area contributed by atoms with Crippen LogP contribution in [0.25, 0.3) is 0 Å². The molecular weight excluding hydrogens is 396 g/mol. The molecule has 1 atom stereocenters. The second kappa shape index (κ2) is 8.29. The Labute approximate surface area is 153 Å². The molecule has 0 aliphatic rings. The molecule has 0 spiro atoms. The lowest BCUT2D eigenvalue weighted by atomic mass is 10.1. The lowest BCUT2D eigenvalue weighted by Gasteiger charge is -2.18. The van der Waals surface area contributed by atoms with Crippen LogP contribution in [0.2, 0.25) is 0 Å². The number of carbonyl (C=O) groups excluding carboxylic acids is 1. The van der Waals surface area contributed by atoms with Gasteiger partial charge in [0.05, 0.1) is 4.47 Å². The summed E-state index contributed by atoms with van der Waals surface area (Å²) < 4.78 is 35.6. The van der Waals surface area contributed by atoms with E-state index in [1.54, 1.807) is 26.0 Å². The molecule has 0 aliphatic heterocycles. The Hall–Kier alpha value is -2.15. The maximum atomic E-state index is 12.4. The van der Waals surface area contributed by atoms with Gasteiger partial charge in [0, 0.05) is 11.3 Å². The highest BCUT2D eigenvalue weighted by atomic mass is 79.9. The van der Waals surface area contributed by atoms with Crippen molar-refractivity contribution in [2.45, 2.75) is 33.5 Å². The van der Waals surface area contributed by atoms with Gasteiger partial charge in [0.15, 0.2) is 6.10 Å². The first kappa shape index (κ1) is 19.2. The Morgan fingerprint density at radius 3 is 2.48 bits per heavy atom. The zero-order valence-corrected chi connectivity index (χ0v) is 15.6. The zero-order valence-electron chi connectivity index (χ0n) is 14.0. The maximum absolute atomic E-state index is 12.4. The van der Waals surface area contributed by atoms with Crippen LogP contribution in [-0.2, 0) is 4.79 Å². The highest BCUT2D eigenvalue weighted by Gasteiger charge is 2.18. The van der Waals surface area contributed by atoms with Crippen molar-refractivity contribution in [3.05, 3.63) is 52.0 Å². The Kier molecular flexibility index (Phi) is 6.36. The van der Waals surface area contributed by atoms with Crippen molar-refractivity contribution < 1.29 is 23.0 Å². The smallest absolute Gasteiger partial charge is 0.387 e. The molecule has 0 heterocycles. The van der Waals surface area contributed by atoms with Gasteiger partial charge in [0.25, 0.3) is 5.91 Å². The molecule has 0 saturated carbocycles. The molecule has 25 heavy (non-hydrogen) atoms. The molecule has 4 nitrogen and oxygen atoms in total. The van der Waals surface area contributed by atoms with Gasteiger partial charge in [-0.3, -0.25) is 4.79 Å². The van der Waals surface area contributed by atoms with Crippen LogP contribution in [-0.4, -0.2) is 18.6 Å². The SMILES string of the molecule is Cc1ccc(O[C@@H](C)C(=O)Nc2cccc(OC(F)F)c2C)c(Br)c1. The van der Waals surface area contributed by atoms with Gasteiger partial charge in [-0.25, -0.2) is 0 Å². The van der Waals surface area contributed by atoms with E-state index < -0.39 is 18.6 Å². The highest BCUT2D eigenvalue weighted by molar-refractivity contribution is 9.10. The van der Waals surface area contributed by atoms with Crippen LogP contribution >= 0.6 is 15.9 Å². The number of aryl methyl sites for hydroxylation is 1. The number of alkyl halides is 2. The number of carbonyl (C=O) groups is 1. The minimum Gasteiger partial charge on any atom is -0.480 e. The summed E-state index contributed by atoms with van der Waals surface area (Å²) in [4.78, 5) is 12.3. The summed E-state index contributed by atoms with van der Waals surface area (Å²) in [5.74, 6) is 0.159. The van der Waals surface area contributed by atoms with E-state index in [4.69, 9.17) is 4.74 Å². The van der Waals surface area contributed by atoms with E-state index in [0.29, 0.717) is 17.0 Å². The van der Waals surface area contributed by atoms with Crippen LogP contribution in [0.3, 0.4) is 0 Å². The van der Waals surface area contributed by atoms with Crippen LogP contribution in [0.15, 0.2) is 40.9 Å². The number of nitrogens with one attached hydrogen (secondary N) is 1.